The maximum atomic E-state index is 12.6. The molecule has 1 aliphatic rings. The van der Waals surface area contributed by atoms with E-state index in [-0.39, 0.29) is 18.4 Å². The Kier molecular flexibility index (Phi) is 5.48. The SMILES string of the molecule is Cc1cnn(CC(=O)N2CCCC(c3ncc(Cc4ccccc4Cl)o3)C2)c1. The first-order valence-electron chi connectivity index (χ1n) is 9.53. The van der Waals surface area contributed by atoms with E-state index in [0.29, 0.717) is 18.9 Å². The van der Waals surface area contributed by atoms with Gasteiger partial charge in [0.2, 0.25) is 5.91 Å². The number of rotatable bonds is 5. The Bertz CT molecular complexity index is 965. The number of likely N-dealkylation sites (tertiary alicyclic amines) is 1. The first kappa shape index (κ1) is 18.7. The molecule has 7 heteroatoms. The molecule has 3 aromatic rings. The van der Waals surface area contributed by atoms with Gasteiger partial charge >= 0.3 is 0 Å². The summed E-state index contributed by atoms with van der Waals surface area (Å²) in [5.74, 6) is 1.70. The van der Waals surface area contributed by atoms with Gasteiger partial charge in [0, 0.05) is 30.7 Å². The highest BCUT2D eigenvalue weighted by atomic mass is 35.5. The predicted molar refractivity (Wildman–Crippen MR) is 106 cm³/mol. The maximum Gasteiger partial charge on any atom is 0.244 e. The van der Waals surface area contributed by atoms with Crippen LogP contribution in [0.1, 0.15) is 41.5 Å². The minimum Gasteiger partial charge on any atom is -0.445 e. The summed E-state index contributed by atoms with van der Waals surface area (Å²) in [5, 5.41) is 4.93. The molecule has 0 saturated carbocycles. The molecule has 6 nitrogen and oxygen atoms in total. The maximum absolute atomic E-state index is 12.6. The van der Waals surface area contributed by atoms with Crippen LogP contribution in [0.25, 0.3) is 0 Å². The topological polar surface area (TPSA) is 64.2 Å². The van der Waals surface area contributed by atoms with Crippen LogP contribution in [-0.2, 0) is 17.8 Å². The van der Waals surface area contributed by atoms with Crippen molar-refractivity contribution in [1.82, 2.24) is 19.7 Å². The van der Waals surface area contributed by atoms with Crippen LogP contribution in [0.15, 0.2) is 47.3 Å². The molecular formula is C21H23ClN4O2. The number of hydrogen-bond acceptors (Lipinski definition) is 4. The lowest BCUT2D eigenvalue weighted by Crippen LogP contribution is -2.41. The van der Waals surface area contributed by atoms with Gasteiger partial charge in [0.15, 0.2) is 5.89 Å². The van der Waals surface area contributed by atoms with Gasteiger partial charge in [-0.25, -0.2) is 4.98 Å². The molecule has 4 rings (SSSR count). The Morgan fingerprint density at radius 3 is 2.96 bits per heavy atom. The quantitative estimate of drug-likeness (QED) is 0.655. The Morgan fingerprint density at radius 2 is 2.18 bits per heavy atom. The number of nitrogens with zero attached hydrogens (tertiary/aromatic N) is 4. The molecule has 1 aliphatic heterocycles. The third kappa shape index (κ3) is 4.28. The van der Waals surface area contributed by atoms with E-state index in [1.807, 2.05) is 42.3 Å². The second-order valence-electron chi connectivity index (χ2n) is 7.33. The summed E-state index contributed by atoms with van der Waals surface area (Å²) < 4.78 is 7.70. The van der Waals surface area contributed by atoms with Gasteiger partial charge in [0.25, 0.3) is 0 Å². The Labute approximate surface area is 169 Å². The zero-order valence-corrected chi connectivity index (χ0v) is 16.6. The predicted octanol–water partition coefficient (Wildman–Crippen LogP) is 3.83. The molecule has 1 amide bonds. The zero-order valence-electron chi connectivity index (χ0n) is 15.8. The molecule has 0 aliphatic carbocycles. The number of aromatic nitrogens is 3. The zero-order chi connectivity index (χ0) is 19.5. The van der Waals surface area contributed by atoms with Crippen molar-refractivity contribution in [2.45, 2.75) is 38.6 Å². The largest absolute Gasteiger partial charge is 0.445 e. The molecule has 1 fully saturated rings. The number of piperidine rings is 1. The first-order chi connectivity index (χ1) is 13.6. The monoisotopic (exact) mass is 398 g/mol. The highest BCUT2D eigenvalue weighted by molar-refractivity contribution is 6.31. The summed E-state index contributed by atoms with van der Waals surface area (Å²) in [5.41, 5.74) is 2.07. The lowest BCUT2D eigenvalue weighted by atomic mass is 9.98. The highest BCUT2D eigenvalue weighted by Crippen LogP contribution is 2.28. The van der Waals surface area contributed by atoms with E-state index in [2.05, 4.69) is 10.1 Å². The van der Waals surface area contributed by atoms with Gasteiger partial charge in [-0.1, -0.05) is 29.8 Å². The van der Waals surface area contributed by atoms with Crippen LogP contribution < -0.4 is 0 Å². The van der Waals surface area contributed by atoms with Gasteiger partial charge in [-0.05, 0) is 37.0 Å². The number of carbonyl (C=O) groups is 1. The van der Waals surface area contributed by atoms with E-state index in [0.717, 1.165) is 41.3 Å². The van der Waals surface area contributed by atoms with Crippen molar-refractivity contribution in [3.8, 4) is 0 Å². The van der Waals surface area contributed by atoms with Crippen molar-refractivity contribution in [1.29, 1.82) is 0 Å². The Morgan fingerprint density at radius 1 is 1.32 bits per heavy atom. The van der Waals surface area contributed by atoms with Crippen molar-refractivity contribution in [2.24, 2.45) is 0 Å². The summed E-state index contributed by atoms with van der Waals surface area (Å²) in [6.45, 7) is 3.63. The average molecular weight is 399 g/mol. The van der Waals surface area contributed by atoms with Crippen molar-refractivity contribution in [3.05, 3.63) is 70.7 Å². The van der Waals surface area contributed by atoms with Crippen LogP contribution >= 0.6 is 11.6 Å². The molecule has 28 heavy (non-hydrogen) atoms. The van der Waals surface area contributed by atoms with Crippen LogP contribution in [0.2, 0.25) is 5.02 Å². The summed E-state index contributed by atoms with van der Waals surface area (Å²) in [7, 11) is 0. The third-order valence-electron chi connectivity index (χ3n) is 5.08. The molecular weight excluding hydrogens is 376 g/mol. The molecule has 0 N–H and O–H groups in total. The molecule has 2 aromatic heterocycles. The molecule has 0 spiro atoms. The Hall–Kier alpha value is -2.60. The second-order valence-corrected chi connectivity index (χ2v) is 7.73. The molecule has 0 radical (unpaired) electrons. The van der Waals surface area contributed by atoms with Gasteiger partial charge in [-0.15, -0.1) is 0 Å². The van der Waals surface area contributed by atoms with Crippen molar-refractivity contribution < 1.29 is 9.21 Å². The van der Waals surface area contributed by atoms with Crippen LogP contribution in [0, 0.1) is 6.92 Å². The number of amides is 1. The van der Waals surface area contributed by atoms with Crippen molar-refractivity contribution in [3.63, 3.8) is 0 Å². The molecule has 1 atom stereocenters. The van der Waals surface area contributed by atoms with E-state index in [4.69, 9.17) is 16.0 Å². The number of halogens is 1. The lowest BCUT2D eigenvalue weighted by Gasteiger charge is -2.31. The van der Waals surface area contributed by atoms with Crippen LogP contribution in [0.5, 0.6) is 0 Å². The second kappa shape index (κ2) is 8.19. The molecule has 1 unspecified atom stereocenters. The van der Waals surface area contributed by atoms with Crippen molar-refractivity contribution >= 4 is 17.5 Å². The summed E-state index contributed by atoms with van der Waals surface area (Å²) in [4.78, 5) is 19.0. The minimum atomic E-state index is 0.0793. The van der Waals surface area contributed by atoms with Gasteiger partial charge < -0.3 is 9.32 Å². The van der Waals surface area contributed by atoms with E-state index in [1.165, 1.54) is 0 Å². The van der Waals surface area contributed by atoms with Gasteiger partial charge in [-0.2, -0.15) is 5.10 Å². The van der Waals surface area contributed by atoms with E-state index in [1.54, 1.807) is 17.1 Å². The van der Waals surface area contributed by atoms with Crippen LogP contribution in [0.4, 0.5) is 0 Å². The number of hydrogen-bond donors (Lipinski definition) is 0. The minimum absolute atomic E-state index is 0.0793. The summed E-state index contributed by atoms with van der Waals surface area (Å²) in [6, 6.07) is 7.74. The normalized spacial score (nSPS) is 17.1. The number of oxazole rings is 1. The third-order valence-corrected chi connectivity index (χ3v) is 5.45. The fraction of sp³-hybridized carbons (Fsp3) is 0.381. The molecule has 1 saturated heterocycles. The molecule has 0 bridgehead atoms. The first-order valence-corrected chi connectivity index (χ1v) is 9.91. The fourth-order valence-corrected chi connectivity index (χ4v) is 3.82. The van der Waals surface area contributed by atoms with Crippen LogP contribution in [0.3, 0.4) is 0 Å². The van der Waals surface area contributed by atoms with Crippen molar-refractivity contribution in [2.75, 3.05) is 13.1 Å². The molecule has 1 aromatic carbocycles. The van der Waals surface area contributed by atoms with E-state index < -0.39 is 0 Å². The average Bonchev–Trinajstić information content (AvgIpc) is 3.33. The fourth-order valence-electron chi connectivity index (χ4n) is 3.62. The van der Waals surface area contributed by atoms with Gasteiger partial charge in [-0.3, -0.25) is 9.48 Å². The number of aryl methyl sites for hydroxylation is 1. The van der Waals surface area contributed by atoms with Gasteiger partial charge in [0.1, 0.15) is 12.3 Å². The number of carbonyl (C=O) groups excluding carboxylic acids is 1. The molecule has 146 valence electrons. The summed E-state index contributed by atoms with van der Waals surface area (Å²) in [6.07, 6.45) is 7.94. The van der Waals surface area contributed by atoms with Crippen LogP contribution in [-0.4, -0.2) is 38.7 Å². The Balaban J connectivity index is 1.40. The summed E-state index contributed by atoms with van der Waals surface area (Å²) >= 11 is 6.24. The standard InChI is InChI=1S/C21H23ClN4O2/c1-15-10-24-26(12-15)14-20(27)25-8-4-6-17(13-25)21-23-11-18(28-21)9-16-5-2-3-7-19(16)22/h2-3,5,7,10-12,17H,4,6,8-9,13-14H2,1H3. The highest BCUT2D eigenvalue weighted by Gasteiger charge is 2.28. The number of benzene rings is 1. The van der Waals surface area contributed by atoms with Gasteiger partial charge in [0.05, 0.1) is 18.3 Å². The lowest BCUT2D eigenvalue weighted by molar-refractivity contribution is -0.133. The van der Waals surface area contributed by atoms with E-state index >= 15 is 0 Å². The van der Waals surface area contributed by atoms with E-state index in [9.17, 15) is 4.79 Å². The molecule has 3 heterocycles. The smallest absolute Gasteiger partial charge is 0.244 e.